The van der Waals surface area contributed by atoms with Crippen LogP contribution in [0.2, 0.25) is 5.02 Å². The molecule has 0 aromatic heterocycles. The lowest BCUT2D eigenvalue weighted by molar-refractivity contribution is 0.248. The van der Waals surface area contributed by atoms with Crippen LogP contribution in [0.15, 0.2) is 18.2 Å². The number of halogens is 2. The maximum absolute atomic E-state index is 11.8. The van der Waals surface area contributed by atoms with Gasteiger partial charge in [0.1, 0.15) is 0 Å². The predicted molar refractivity (Wildman–Crippen MR) is 86.1 cm³/mol. The second kappa shape index (κ2) is 8.35. The van der Waals surface area contributed by atoms with Crippen molar-refractivity contribution < 1.29 is 4.79 Å². The minimum absolute atomic E-state index is 0. The molecule has 1 aliphatic heterocycles. The summed E-state index contributed by atoms with van der Waals surface area (Å²) in [4.78, 5) is 11.8. The average Bonchev–Trinajstić information content (AvgIpc) is 2.42. The molecule has 0 spiro atoms. The molecular weight excluding hydrogens is 297 g/mol. The third-order valence-corrected chi connectivity index (χ3v) is 3.71. The number of piperidine rings is 1. The summed E-state index contributed by atoms with van der Waals surface area (Å²) in [6, 6.07) is 5.39. The number of benzene rings is 1. The Morgan fingerprint density at radius 1 is 1.40 bits per heavy atom. The van der Waals surface area contributed by atoms with E-state index in [4.69, 9.17) is 11.6 Å². The minimum atomic E-state index is -0.189. The van der Waals surface area contributed by atoms with E-state index in [0.717, 1.165) is 38.0 Å². The van der Waals surface area contributed by atoms with E-state index in [2.05, 4.69) is 16.0 Å². The maximum atomic E-state index is 11.8. The van der Waals surface area contributed by atoms with Gasteiger partial charge in [0.2, 0.25) is 0 Å². The van der Waals surface area contributed by atoms with E-state index in [1.54, 1.807) is 6.07 Å². The first kappa shape index (κ1) is 17.1. The fourth-order valence-corrected chi connectivity index (χ4v) is 2.39. The normalized spacial score (nSPS) is 15.3. The summed E-state index contributed by atoms with van der Waals surface area (Å²) in [5.74, 6) is 0.569. The van der Waals surface area contributed by atoms with Crippen molar-refractivity contribution in [2.75, 3.05) is 25.0 Å². The van der Waals surface area contributed by atoms with Crippen LogP contribution in [-0.2, 0) is 0 Å². The van der Waals surface area contributed by atoms with Crippen molar-refractivity contribution in [3.05, 3.63) is 28.8 Å². The van der Waals surface area contributed by atoms with Crippen LogP contribution in [0.3, 0.4) is 0 Å². The van der Waals surface area contributed by atoms with Crippen molar-refractivity contribution in [2.45, 2.75) is 19.8 Å². The van der Waals surface area contributed by atoms with Crippen LogP contribution < -0.4 is 16.0 Å². The Labute approximate surface area is 131 Å². The minimum Gasteiger partial charge on any atom is -0.338 e. The molecule has 0 bridgehead atoms. The van der Waals surface area contributed by atoms with Gasteiger partial charge in [0.15, 0.2) is 0 Å². The zero-order valence-corrected chi connectivity index (χ0v) is 13.1. The molecule has 0 unspecified atom stereocenters. The molecule has 1 aromatic rings. The summed E-state index contributed by atoms with van der Waals surface area (Å²) in [6.07, 6.45) is 2.23. The first-order chi connectivity index (χ1) is 9.15. The molecule has 2 rings (SSSR count). The molecule has 0 saturated carbocycles. The van der Waals surface area contributed by atoms with Gasteiger partial charge in [-0.15, -0.1) is 12.4 Å². The first-order valence-electron chi connectivity index (χ1n) is 6.67. The molecular formula is C14H21Cl2N3O. The van der Waals surface area contributed by atoms with Crippen LogP contribution in [0.4, 0.5) is 10.5 Å². The van der Waals surface area contributed by atoms with Gasteiger partial charge < -0.3 is 16.0 Å². The first-order valence-corrected chi connectivity index (χ1v) is 7.04. The van der Waals surface area contributed by atoms with E-state index in [1.807, 2.05) is 19.1 Å². The lowest BCUT2D eigenvalue weighted by atomic mass is 9.98. The van der Waals surface area contributed by atoms with E-state index >= 15 is 0 Å². The molecule has 20 heavy (non-hydrogen) atoms. The number of amides is 2. The number of aryl methyl sites for hydroxylation is 1. The molecule has 1 aromatic carbocycles. The summed E-state index contributed by atoms with van der Waals surface area (Å²) in [6.45, 7) is 4.76. The van der Waals surface area contributed by atoms with E-state index < -0.39 is 0 Å². The van der Waals surface area contributed by atoms with Gasteiger partial charge in [0.25, 0.3) is 0 Å². The highest BCUT2D eigenvalue weighted by molar-refractivity contribution is 6.33. The quantitative estimate of drug-likeness (QED) is 0.802. The molecule has 0 aliphatic carbocycles. The Hall–Kier alpha value is -0.970. The Bertz CT molecular complexity index is 448. The van der Waals surface area contributed by atoms with Crippen LogP contribution in [-0.4, -0.2) is 25.7 Å². The van der Waals surface area contributed by atoms with Gasteiger partial charge >= 0.3 is 6.03 Å². The lowest BCUT2D eigenvalue weighted by Gasteiger charge is -2.22. The van der Waals surface area contributed by atoms with Crippen LogP contribution in [0.25, 0.3) is 0 Å². The molecule has 2 amide bonds. The monoisotopic (exact) mass is 317 g/mol. The van der Waals surface area contributed by atoms with Gasteiger partial charge in [-0.2, -0.15) is 0 Å². The number of carbonyl (C=O) groups excluding carboxylic acids is 1. The highest BCUT2D eigenvalue weighted by atomic mass is 35.5. The maximum Gasteiger partial charge on any atom is 0.319 e. The van der Waals surface area contributed by atoms with E-state index in [-0.39, 0.29) is 18.4 Å². The Kier molecular flexibility index (Phi) is 7.13. The molecule has 0 radical (unpaired) electrons. The van der Waals surface area contributed by atoms with Crippen molar-refractivity contribution in [3.8, 4) is 0 Å². The van der Waals surface area contributed by atoms with Gasteiger partial charge in [0.05, 0.1) is 10.7 Å². The average molecular weight is 318 g/mol. The smallest absolute Gasteiger partial charge is 0.319 e. The number of carbonyl (C=O) groups is 1. The van der Waals surface area contributed by atoms with Gasteiger partial charge in [0, 0.05) is 6.54 Å². The molecule has 1 heterocycles. The Balaban J connectivity index is 0.00000200. The van der Waals surface area contributed by atoms with Crippen molar-refractivity contribution in [3.63, 3.8) is 0 Å². The topological polar surface area (TPSA) is 53.2 Å². The molecule has 6 heteroatoms. The van der Waals surface area contributed by atoms with Crippen molar-refractivity contribution in [2.24, 2.45) is 5.92 Å². The zero-order chi connectivity index (χ0) is 13.7. The molecule has 4 nitrogen and oxygen atoms in total. The zero-order valence-electron chi connectivity index (χ0n) is 11.5. The van der Waals surface area contributed by atoms with Crippen LogP contribution in [0.5, 0.6) is 0 Å². The lowest BCUT2D eigenvalue weighted by Crippen LogP contribution is -2.37. The van der Waals surface area contributed by atoms with Gasteiger partial charge in [-0.05, 0) is 56.5 Å². The molecule has 1 saturated heterocycles. The van der Waals surface area contributed by atoms with Gasteiger partial charge in [-0.25, -0.2) is 4.79 Å². The highest BCUT2D eigenvalue weighted by Crippen LogP contribution is 2.22. The Morgan fingerprint density at radius 2 is 2.10 bits per heavy atom. The summed E-state index contributed by atoms with van der Waals surface area (Å²) in [7, 11) is 0. The predicted octanol–water partition coefficient (Wildman–Crippen LogP) is 3.19. The van der Waals surface area contributed by atoms with Crippen LogP contribution in [0, 0.1) is 12.8 Å². The number of rotatable bonds is 3. The number of hydrogen-bond acceptors (Lipinski definition) is 2. The second-order valence-electron chi connectivity index (χ2n) is 5.01. The molecule has 1 aliphatic rings. The van der Waals surface area contributed by atoms with Crippen LogP contribution in [0.1, 0.15) is 18.4 Å². The molecule has 112 valence electrons. The largest absolute Gasteiger partial charge is 0.338 e. The van der Waals surface area contributed by atoms with E-state index in [1.165, 1.54) is 0 Å². The SMILES string of the molecule is Cc1ccc(Cl)c(NC(=O)NCC2CCNCC2)c1.Cl. The van der Waals surface area contributed by atoms with E-state index in [9.17, 15) is 4.79 Å². The third kappa shape index (κ3) is 5.19. The van der Waals surface area contributed by atoms with Crippen molar-refractivity contribution >= 4 is 35.7 Å². The van der Waals surface area contributed by atoms with Crippen molar-refractivity contribution in [1.82, 2.24) is 10.6 Å². The number of anilines is 1. The number of urea groups is 1. The van der Waals surface area contributed by atoms with E-state index in [0.29, 0.717) is 16.6 Å². The fourth-order valence-electron chi connectivity index (χ4n) is 2.22. The van der Waals surface area contributed by atoms with Crippen molar-refractivity contribution in [1.29, 1.82) is 0 Å². The number of nitrogens with one attached hydrogen (secondary N) is 3. The summed E-state index contributed by atoms with van der Waals surface area (Å²) in [5.41, 5.74) is 1.72. The number of hydrogen-bond donors (Lipinski definition) is 3. The fraction of sp³-hybridized carbons (Fsp3) is 0.500. The van der Waals surface area contributed by atoms with Crippen LogP contribution >= 0.6 is 24.0 Å². The van der Waals surface area contributed by atoms with Gasteiger partial charge in [-0.3, -0.25) is 0 Å². The molecule has 0 atom stereocenters. The third-order valence-electron chi connectivity index (χ3n) is 3.38. The second-order valence-corrected chi connectivity index (χ2v) is 5.42. The summed E-state index contributed by atoms with van der Waals surface area (Å²) >= 11 is 6.04. The molecule has 3 N–H and O–H groups in total. The summed E-state index contributed by atoms with van der Waals surface area (Å²) in [5, 5.41) is 9.57. The highest BCUT2D eigenvalue weighted by Gasteiger charge is 2.14. The standard InChI is InChI=1S/C14H20ClN3O.ClH/c1-10-2-3-12(15)13(8-10)18-14(19)17-9-11-4-6-16-7-5-11;/h2-3,8,11,16H,4-7,9H2,1H3,(H2,17,18,19);1H. The Morgan fingerprint density at radius 3 is 2.80 bits per heavy atom. The summed E-state index contributed by atoms with van der Waals surface area (Å²) < 4.78 is 0. The van der Waals surface area contributed by atoms with Gasteiger partial charge in [-0.1, -0.05) is 17.7 Å². The molecule has 1 fully saturated rings.